The maximum atomic E-state index is 12.3. The summed E-state index contributed by atoms with van der Waals surface area (Å²) in [5, 5.41) is 10.3. The number of nitrogens with zero attached hydrogens (tertiary/aromatic N) is 4. The first-order chi connectivity index (χ1) is 12.2. The predicted molar refractivity (Wildman–Crippen MR) is 90.5 cm³/mol. The smallest absolute Gasteiger partial charge is 0.368 e. The third-order valence-corrected chi connectivity index (χ3v) is 3.60. The van der Waals surface area contributed by atoms with Gasteiger partial charge in [0.2, 0.25) is 5.91 Å². The Bertz CT molecular complexity index is 917. The number of ether oxygens (including phenoxy) is 1. The summed E-state index contributed by atoms with van der Waals surface area (Å²) in [5.41, 5.74) is 0.963. The summed E-state index contributed by atoms with van der Waals surface area (Å²) >= 11 is 0. The highest BCUT2D eigenvalue weighted by atomic mass is 16.5. The molecule has 0 fully saturated rings. The number of hydrogen-bond acceptors (Lipinski definition) is 5. The quantitative estimate of drug-likeness (QED) is 0.716. The van der Waals surface area contributed by atoms with Gasteiger partial charge in [-0.15, -0.1) is 0 Å². The SMILES string of the molecule is COc1ccccc1CNC(=O)Cn1nnn(-c2ccccc2)c1=O. The van der Waals surface area contributed by atoms with Gasteiger partial charge in [0.05, 0.1) is 12.8 Å². The number of methoxy groups -OCH3 is 1. The fourth-order valence-corrected chi connectivity index (χ4v) is 2.34. The lowest BCUT2D eigenvalue weighted by molar-refractivity contribution is -0.122. The van der Waals surface area contributed by atoms with Crippen LogP contribution in [-0.2, 0) is 17.9 Å². The van der Waals surface area contributed by atoms with Gasteiger partial charge in [0.15, 0.2) is 0 Å². The molecule has 0 aliphatic heterocycles. The van der Waals surface area contributed by atoms with Gasteiger partial charge in [0.25, 0.3) is 0 Å². The van der Waals surface area contributed by atoms with Gasteiger partial charge in [0, 0.05) is 12.1 Å². The Kier molecular flexibility index (Phi) is 4.89. The van der Waals surface area contributed by atoms with Crippen LogP contribution < -0.4 is 15.7 Å². The number of carbonyl (C=O) groups is 1. The fraction of sp³-hybridized carbons (Fsp3) is 0.176. The zero-order valence-corrected chi connectivity index (χ0v) is 13.6. The molecule has 1 aromatic heterocycles. The van der Waals surface area contributed by atoms with Crippen molar-refractivity contribution in [2.75, 3.05) is 7.11 Å². The molecule has 0 bridgehead atoms. The summed E-state index contributed by atoms with van der Waals surface area (Å²) in [6, 6.07) is 16.3. The van der Waals surface area contributed by atoms with Crippen molar-refractivity contribution in [2.45, 2.75) is 13.1 Å². The minimum Gasteiger partial charge on any atom is -0.496 e. The lowest BCUT2D eigenvalue weighted by Gasteiger charge is -2.09. The summed E-state index contributed by atoms with van der Waals surface area (Å²) < 4.78 is 7.40. The van der Waals surface area contributed by atoms with Gasteiger partial charge >= 0.3 is 5.69 Å². The normalized spacial score (nSPS) is 10.4. The zero-order valence-electron chi connectivity index (χ0n) is 13.6. The van der Waals surface area contributed by atoms with Gasteiger partial charge in [-0.25, -0.2) is 4.79 Å². The van der Waals surface area contributed by atoms with E-state index in [0.717, 1.165) is 14.9 Å². The Labute approximate surface area is 143 Å². The molecule has 3 rings (SSSR count). The molecule has 1 amide bonds. The number of amides is 1. The molecule has 0 aliphatic rings. The average Bonchev–Trinajstić information content (AvgIpc) is 3.01. The summed E-state index contributed by atoms with van der Waals surface area (Å²) in [6.07, 6.45) is 0. The molecule has 0 saturated heterocycles. The van der Waals surface area contributed by atoms with Crippen LogP contribution in [0.2, 0.25) is 0 Å². The number of hydrogen-bond donors (Lipinski definition) is 1. The fourth-order valence-electron chi connectivity index (χ4n) is 2.34. The summed E-state index contributed by atoms with van der Waals surface area (Å²) in [5.74, 6) is 0.350. The summed E-state index contributed by atoms with van der Waals surface area (Å²) in [4.78, 5) is 24.4. The van der Waals surface area contributed by atoms with E-state index in [1.807, 2.05) is 30.3 Å². The van der Waals surface area contributed by atoms with Crippen LogP contribution in [0.4, 0.5) is 0 Å². The monoisotopic (exact) mass is 339 g/mol. The Balaban J connectivity index is 1.66. The van der Waals surface area contributed by atoms with Crippen LogP contribution >= 0.6 is 0 Å². The first-order valence-electron chi connectivity index (χ1n) is 7.66. The number of para-hydroxylation sites is 2. The number of carbonyl (C=O) groups excluding carboxylic acids is 1. The Hall–Kier alpha value is -3.42. The standard InChI is InChI=1S/C17H17N5O3/c1-25-15-10-6-5-7-13(15)11-18-16(23)12-21-17(24)22(20-19-21)14-8-3-2-4-9-14/h2-10H,11-12H2,1H3,(H,18,23). The van der Waals surface area contributed by atoms with Crippen molar-refractivity contribution < 1.29 is 9.53 Å². The molecule has 1 heterocycles. The third kappa shape index (κ3) is 3.74. The van der Waals surface area contributed by atoms with E-state index in [1.54, 1.807) is 31.4 Å². The largest absolute Gasteiger partial charge is 0.496 e. The van der Waals surface area contributed by atoms with Gasteiger partial charge < -0.3 is 10.1 Å². The molecule has 8 nitrogen and oxygen atoms in total. The third-order valence-electron chi connectivity index (χ3n) is 3.60. The molecular formula is C17H17N5O3. The topological polar surface area (TPSA) is 91.0 Å². The Morgan fingerprint density at radius 3 is 2.56 bits per heavy atom. The molecular weight excluding hydrogens is 322 g/mol. The second-order valence-electron chi connectivity index (χ2n) is 5.26. The molecule has 0 unspecified atom stereocenters. The van der Waals surface area contributed by atoms with E-state index in [4.69, 9.17) is 4.74 Å². The van der Waals surface area contributed by atoms with Gasteiger partial charge in [-0.2, -0.15) is 9.36 Å². The van der Waals surface area contributed by atoms with Crippen molar-refractivity contribution in [1.29, 1.82) is 0 Å². The van der Waals surface area contributed by atoms with Crippen molar-refractivity contribution in [1.82, 2.24) is 25.1 Å². The molecule has 25 heavy (non-hydrogen) atoms. The molecule has 128 valence electrons. The second kappa shape index (κ2) is 7.43. The minimum absolute atomic E-state index is 0.208. The molecule has 0 radical (unpaired) electrons. The molecule has 0 aliphatic carbocycles. The molecule has 2 aromatic carbocycles. The van der Waals surface area contributed by atoms with Crippen LogP contribution in [0.3, 0.4) is 0 Å². The zero-order chi connectivity index (χ0) is 17.6. The van der Waals surface area contributed by atoms with Crippen LogP contribution in [0.1, 0.15) is 5.56 Å². The van der Waals surface area contributed by atoms with Crippen LogP contribution in [0.15, 0.2) is 59.4 Å². The van der Waals surface area contributed by atoms with Gasteiger partial charge in [-0.05, 0) is 28.6 Å². The van der Waals surface area contributed by atoms with Crippen molar-refractivity contribution in [3.8, 4) is 11.4 Å². The van der Waals surface area contributed by atoms with E-state index in [1.165, 1.54) is 0 Å². The van der Waals surface area contributed by atoms with E-state index in [2.05, 4.69) is 15.7 Å². The van der Waals surface area contributed by atoms with Crippen LogP contribution in [-0.4, -0.2) is 32.8 Å². The average molecular weight is 339 g/mol. The predicted octanol–water partition coefficient (Wildman–Crippen LogP) is 0.754. The maximum Gasteiger partial charge on any atom is 0.368 e. The summed E-state index contributed by atoms with van der Waals surface area (Å²) in [6.45, 7) is 0.0885. The lowest BCUT2D eigenvalue weighted by atomic mass is 10.2. The van der Waals surface area contributed by atoms with Gasteiger partial charge in [-0.3, -0.25) is 4.79 Å². The molecule has 3 aromatic rings. The van der Waals surface area contributed by atoms with Crippen molar-refractivity contribution >= 4 is 5.91 Å². The number of aromatic nitrogens is 4. The molecule has 0 spiro atoms. The van der Waals surface area contributed by atoms with Crippen molar-refractivity contribution in [2.24, 2.45) is 0 Å². The maximum absolute atomic E-state index is 12.3. The van der Waals surface area contributed by atoms with E-state index in [0.29, 0.717) is 18.0 Å². The second-order valence-corrected chi connectivity index (χ2v) is 5.26. The lowest BCUT2D eigenvalue weighted by Crippen LogP contribution is -2.33. The first-order valence-corrected chi connectivity index (χ1v) is 7.66. The highest BCUT2D eigenvalue weighted by Crippen LogP contribution is 2.16. The van der Waals surface area contributed by atoms with Crippen LogP contribution in [0.25, 0.3) is 5.69 Å². The number of rotatable bonds is 6. The molecule has 1 N–H and O–H groups in total. The Morgan fingerprint density at radius 1 is 1.08 bits per heavy atom. The van der Waals surface area contributed by atoms with Crippen molar-refractivity contribution in [3.05, 3.63) is 70.6 Å². The van der Waals surface area contributed by atoms with Crippen LogP contribution in [0, 0.1) is 0 Å². The molecule has 0 atom stereocenters. The highest BCUT2D eigenvalue weighted by Gasteiger charge is 2.12. The molecule has 0 saturated carbocycles. The molecule has 8 heteroatoms. The van der Waals surface area contributed by atoms with Crippen LogP contribution in [0.5, 0.6) is 5.75 Å². The van der Waals surface area contributed by atoms with Crippen molar-refractivity contribution in [3.63, 3.8) is 0 Å². The van der Waals surface area contributed by atoms with Gasteiger partial charge in [0.1, 0.15) is 12.3 Å². The highest BCUT2D eigenvalue weighted by molar-refractivity contribution is 5.75. The van der Waals surface area contributed by atoms with Gasteiger partial charge in [-0.1, -0.05) is 36.4 Å². The number of nitrogens with one attached hydrogen (secondary N) is 1. The minimum atomic E-state index is -0.473. The number of tetrazole rings is 1. The van der Waals surface area contributed by atoms with E-state index in [-0.39, 0.29) is 12.5 Å². The number of benzene rings is 2. The first kappa shape index (κ1) is 16.4. The summed E-state index contributed by atoms with van der Waals surface area (Å²) in [7, 11) is 1.57. The van der Waals surface area contributed by atoms with E-state index >= 15 is 0 Å². The van der Waals surface area contributed by atoms with E-state index in [9.17, 15) is 9.59 Å². The Morgan fingerprint density at radius 2 is 1.80 bits per heavy atom. The van der Waals surface area contributed by atoms with E-state index < -0.39 is 5.69 Å².